The summed E-state index contributed by atoms with van der Waals surface area (Å²) in [4.78, 5) is 14.8. The summed E-state index contributed by atoms with van der Waals surface area (Å²) < 4.78 is 11.6. The first-order valence-electron chi connectivity index (χ1n) is 10.7. The fraction of sp³-hybridized carbons (Fsp3) is 0.682. The van der Waals surface area contributed by atoms with Crippen molar-refractivity contribution in [2.45, 2.75) is 64.4 Å². The zero-order valence-corrected chi connectivity index (χ0v) is 16.6. The Hall–Kier alpha value is -1.75. The molecule has 1 atom stereocenters. The first kappa shape index (κ1) is 20.0. The summed E-state index contributed by atoms with van der Waals surface area (Å²) in [5.41, 5.74) is 0.690. The molecule has 3 aliphatic heterocycles. The van der Waals surface area contributed by atoms with Crippen LogP contribution in [0.5, 0.6) is 5.75 Å². The Balaban J connectivity index is 1.42. The number of nitrogens with one attached hydrogen (secondary N) is 1. The van der Waals surface area contributed by atoms with Crippen molar-refractivity contribution < 1.29 is 14.3 Å². The fourth-order valence-electron chi connectivity index (χ4n) is 4.08. The summed E-state index contributed by atoms with van der Waals surface area (Å²) >= 11 is 0. The summed E-state index contributed by atoms with van der Waals surface area (Å²) in [5, 5.41) is 2.88. The second kappa shape index (κ2) is 10.5. The zero-order chi connectivity index (χ0) is 18.9. The van der Waals surface area contributed by atoms with Crippen molar-refractivity contribution in [2.24, 2.45) is 5.92 Å². The van der Waals surface area contributed by atoms with Gasteiger partial charge in [0, 0.05) is 6.54 Å². The Kier molecular flexibility index (Phi) is 7.81. The van der Waals surface area contributed by atoms with Crippen molar-refractivity contribution >= 4 is 11.8 Å². The van der Waals surface area contributed by atoms with E-state index < -0.39 is 0 Å². The predicted octanol–water partition coefficient (Wildman–Crippen LogP) is 5.07. The number of ether oxygens (including phenoxy) is 2. The van der Waals surface area contributed by atoms with Crippen molar-refractivity contribution in [3.63, 3.8) is 0 Å². The van der Waals surface area contributed by atoms with Crippen molar-refractivity contribution in [1.29, 1.82) is 0 Å². The van der Waals surface area contributed by atoms with Crippen LogP contribution in [-0.2, 0) is 4.74 Å². The topological polar surface area (TPSA) is 50.8 Å². The smallest absolute Gasteiger partial charge is 0.412 e. The highest BCUT2D eigenvalue weighted by atomic mass is 16.6. The predicted molar refractivity (Wildman–Crippen MR) is 108 cm³/mol. The number of nitrogens with zero attached hydrogens (tertiary/aromatic N) is 1. The van der Waals surface area contributed by atoms with Crippen LogP contribution < -0.4 is 10.1 Å². The van der Waals surface area contributed by atoms with E-state index in [4.69, 9.17) is 9.47 Å². The third kappa shape index (κ3) is 6.13. The molecule has 0 radical (unpaired) electrons. The Labute approximate surface area is 163 Å². The molecule has 0 spiro atoms. The summed E-state index contributed by atoms with van der Waals surface area (Å²) in [6, 6.07) is 7.61. The van der Waals surface area contributed by atoms with Gasteiger partial charge in [0.15, 0.2) is 0 Å². The summed E-state index contributed by atoms with van der Waals surface area (Å²) in [6.07, 6.45) is 9.31. The molecule has 0 saturated carbocycles. The van der Waals surface area contributed by atoms with Gasteiger partial charge in [0.05, 0.1) is 12.3 Å². The maximum Gasteiger partial charge on any atom is 0.412 e. The molecule has 0 aromatic heterocycles. The lowest BCUT2D eigenvalue weighted by molar-refractivity contribution is -0.0290. The van der Waals surface area contributed by atoms with Crippen molar-refractivity contribution in [1.82, 2.24) is 4.90 Å². The van der Waals surface area contributed by atoms with Gasteiger partial charge in [-0.1, -0.05) is 51.2 Å². The molecule has 5 heteroatoms. The molecule has 3 fully saturated rings. The van der Waals surface area contributed by atoms with Crippen molar-refractivity contribution in [3.8, 4) is 5.75 Å². The average molecular weight is 375 g/mol. The molecule has 0 aliphatic carbocycles. The summed E-state index contributed by atoms with van der Waals surface area (Å²) in [6.45, 7) is 6.06. The number of carbonyl (C=O) groups excluding carboxylic acids is 1. The lowest BCUT2D eigenvalue weighted by Crippen LogP contribution is -2.52. The zero-order valence-electron chi connectivity index (χ0n) is 16.6. The summed E-state index contributed by atoms with van der Waals surface area (Å²) in [5.74, 6) is 1.23. The van der Waals surface area contributed by atoms with E-state index in [2.05, 4.69) is 17.1 Å². The maximum absolute atomic E-state index is 12.4. The number of hydrogen-bond acceptors (Lipinski definition) is 4. The Morgan fingerprint density at radius 1 is 1.11 bits per heavy atom. The van der Waals surface area contributed by atoms with Crippen LogP contribution in [0.3, 0.4) is 0 Å². The molecule has 3 saturated heterocycles. The number of carbonyl (C=O) groups is 1. The number of unbranched alkanes of at least 4 members (excludes halogenated alkanes) is 5. The number of amides is 1. The Bertz CT molecular complexity index is 585. The molecule has 3 heterocycles. The van der Waals surface area contributed by atoms with Crippen LogP contribution in [-0.4, -0.2) is 43.3 Å². The van der Waals surface area contributed by atoms with Crippen LogP contribution in [0.4, 0.5) is 10.5 Å². The van der Waals surface area contributed by atoms with Gasteiger partial charge in [0.1, 0.15) is 11.9 Å². The molecule has 1 aromatic rings. The lowest BCUT2D eigenvalue weighted by Gasteiger charge is -2.43. The van der Waals surface area contributed by atoms with E-state index in [0.29, 0.717) is 18.2 Å². The molecule has 1 unspecified atom stereocenters. The lowest BCUT2D eigenvalue weighted by atomic mass is 9.86. The molecule has 3 aliphatic rings. The third-order valence-electron chi connectivity index (χ3n) is 5.73. The third-order valence-corrected chi connectivity index (χ3v) is 5.73. The van der Waals surface area contributed by atoms with Gasteiger partial charge in [-0.05, 0) is 50.4 Å². The molecular formula is C22H34N2O3. The van der Waals surface area contributed by atoms with Crippen LogP contribution in [0.15, 0.2) is 24.3 Å². The van der Waals surface area contributed by atoms with Gasteiger partial charge in [0.25, 0.3) is 0 Å². The van der Waals surface area contributed by atoms with Crippen molar-refractivity contribution in [2.75, 3.05) is 31.6 Å². The van der Waals surface area contributed by atoms with Gasteiger partial charge in [-0.3, -0.25) is 10.2 Å². The van der Waals surface area contributed by atoms with Gasteiger partial charge in [-0.25, -0.2) is 4.79 Å². The van der Waals surface area contributed by atoms with E-state index in [-0.39, 0.29) is 12.2 Å². The quantitative estimate of drug-likeness (QED) is 0.581. The first-order valence-corrected chi connectivity index (χ1v) is 10.7. The van der Waals surface area contributed by atoms with E-state index in [1.54, 1.807) is 0 Å². The summed E-state index contributed by atoms with van der Waals surface area (Å²) in [7, 11) is 0. The van der Waals surface area contributed by atoms with Crippen LogP contribution in [0.1, 0.15) is 58.3 Å². The second-order valence-electron chi connectivity index (χ2n) is 7.82. The van der Waals surface area contributed by atoms with Crippen LogP contribution in [0.25, 0.3) is 0 Å². The number of rotatable bonds is 10. The maximum atomic E-state index is 12.4. The van der Waals surface area contributed by atoms with E-state index in [9.17, 15) is 4.79 Å². The number of anilines is 1. The SMILES string of the molecule is CCCCCCCCOc1ccccc1NC(=O)OC1CN2CCC1CC2. The molecule has 1 amide bonds. The van der Waals surface area contributed by atoms with E-state index >= 15 is 0 Å². The van der Waals surface area contributed by atoms with Crippen LogP contribution in [0, 0.1) is 5.92 Å². The highest BCUT2D eigenvalue weighted by molar-refractivity contribution is 5.86. The van der Waals surface area contributed by atoms with Crippen LogP contribution >= 0.6 is 0 Å². The highest BCUT2D eigenvalue weighted by Gasteiger charge is 2.36. The number of fused-ring (bicyclic) bond motifs is 3. The van der Waals surface area contributed by atoms with Crippen molar-refractivity contribution in [3.05, 3.63) is 24.3 Å². The molecule has 1 aromatic carbocycles. The van der Waals surface area contributed by atoms with Gasteiger partial charge < -0.3 is 9.47 Å². The Morgan fingerprint density at radius 2 is 1.85 bits per heavy atom. The number of hydrogen-bond donors (Lipinski definition) is 1. The first-order chi connectivity index (χ1) is 13.3. The molecular weight excluding hydrogens is 340 g/mol. The number of piperidine rings is 3. The highest BCUT2D eigenvalue weighted by Crippen LogP contribution is 2.30. The van der Waals surface area contributed by atoms with Gasteiger partial charge in [-0.2, -0.15) is 0 Å². The monoisotopic (exact) mass is 374 g/mol. The molecule has 27 heavy (non-hydrogen) atoms. The van der Waals surface area contributed by atoms with E-state index in [1.165, 1.54) is 32.1 Å². The minimum Gasteiger partial charge on any atom is -0.491 e. The molecule has 150 valence electrons. The van der Waals surface area contributed by atoms with Gasteiger partial charge in [0.2, 0.25) is 0 Å². The molecule has 5 nitrogen and oxygen atoms in total. The van der Waals surface area contributed by atoms with Gasteiger partial charge >= 0.3 is 6.09 Å². The molecule has 2 bridgehead atoms. The molecule has 4 rings (SSSR count). The Morgan fingerprint density at radius 3 is 2.59 bits per heavy atom. The number of para-hydroxylation sites is 2. The fourth-order valence-corrected chi connectivity index (χ4v) is 4.08. The normalized spacial score (nSPS) is 23.8. The standard InChI is InChI=1S/C22H34N2O3/c1-2-3-4-5-6-9-16-26-20-11-8-7-10-19(20)23-22(25)27-21-17-24-14-12-18(21)13-15-24/h7-8,10-11,18,21H,2-6,9,12-17H2,1H3,(H,23,25). The minimum atomic E-state index is -0.371. The minimum absolute atomic E-state index is 0.0173. The average Bonchev–Trinajstić information content (AvgIpc) is 2.69. The second-order valence-corrected chi connectivity index (χ2v) is 7.82. The number of benzene rings is 1. The molecule has 1 N–H and O–H groups in total. The van der Waals surface area contributed by atoms with E-state index in [1.807, 2.05) is 24.3 Å². The van der Waals surface area contributed by atoms with Gasteiger partial charge in [-0.15, -0.1) is 0 Å². The van der Waals surface area contributed by atoms with Crippen LogP contribution in [0.2, 0.25) is 0 Å². The van der Waals surface area contributed by atoms with E-state index in [0.717, 1.165) is 44.6 Å². The largest absolute Gasteiger partial charge is 0.491 e.